The third-order valence-electron chi connectivity index (χ3n) is 5.37. The maximum Gasteiger partial charge on any atom is 0.338 e. The molecule has 0 bridgehead atoms. The Labute approximate surface area is 233 Å². The van der Waals surface area contributed by atoms with Gasteiger partial charge in [0.1, 0.15) is 17.5 Å². The molecule has 1 aliphatic heterocycles. The summed E-state index contributed by atoms with van der Waals surface area (Å²) in [5.41, 5.74) is 2.02. The fourth-order valence-electron chi connectivity index (χ4n) is 3.90. The molecule has 0 saturated heterocycles. The van der Waals surface area contributed by atoms with E-state index in [4.69, 9.17) is 9.47 Å². The zero-order valence-corrected chi connectivity index (χ0v) is 24.3. The minimum Gasteiger partial charge on any atom is -0.506 e. The predicted octanol–water partition coefficient (Wildman–Crippen LogP) is 4.11. The van der Waals surface area contributed by atoms with Crippen LogP contribution in [0.1, 0.15) is 37.9 Å². The van der Waals surface area contributed by atoms with Crippen molar-refractivity contribution >= 4 is 68.6 Å². The van der Waals surface area contributed by atoms with Crippen LogP contribution in [0.3, 0.4) is 0 Å². The van der Waals surface area contributed by atoms with Gasteiger partial charge >= 0.3 is 5.97 Å². The van der Waals surface area contributed by atoms with E-state index in [0.29, 0.717) is 45.7 Å². The average molecular weight is 716 g/mol. The Hall–Kier alpha value is -2.19. The first-order valence-electron chi connectivity index (χ1n) is 10.9. The first-order chi connectivity index (χ1) is 16.8. The van der Waals surface area contributed by atoms with E-state index in [9.17, 15) is 14.7 Å². The first-order valence-corrected chi connectivity index (χ1v) is 13.8. The molecule has 4 rings (SSSR count). The number of aromatic hydroxyl groups is 1. The quantitative estimate of drug-likeness (QED) is 0.307. The highest BCUT2D eigenvalue weighted by molar-refractivity contribution is 14.1. The van der Waals surface area contributed by atoms with Crippen molar-refractivity contribution in [1.82, 2.24) is 4.57 Å². The number of fused-ring (bicyclic) bond motifs is 1. The largest absolute Gasteiger partial charge is 0.506 e. The van der Waals surface area contributed by atoms with Gasteiger partial charge in [-0.2, -0.15) is 0 Å². The molecule has 2 aromatic carbocycles. The number of nitrogens with zero attached hydrogens (tertiary/aromatic N) is 2. The van der Waals surface area contributed by atoms with E-state index in [-0.39, 0.29) is 17.9 Å². The highest BCUT2D eigenvalue weighted by Crippen LogP contribution is 2.36. The number of benzene rings is 2. The van der Waals surface area contributed by atoms with Crippen LogP contribution in [0.15, 0.2) is 57.5 Å². The van der Waals surface area contributed by atoms with Crippen molar-refractivity contribution in [3.8, 4) is 11.5 Å². The van der Waals surface area contributed by atoms with Gasteiger partial charge in [-0.05, 0) is 95.8 Å². The van der Waals surface area contributed by atoms with Crippen molar-refractivity contribution in [3.05, 3.63) is 85.6 Å². The van der Waals surface area contributed by atoms with Gasteiger partial charge < -0.3 is 14.6 Å². The number of allylic oxidation sites excluding steroid dienone is 1. The number of thiazole rings is 1. The number of carbonyl (C=O) groups excluding carboxylic acids is 1. The summed E-state index contributed by atoms with van der Waals surface area (Å²) in [4.78, 5) is 31.9. The molecule has 0 unspecified atom stereocenters. The Kier molecular flexibility index (Phi) is 8.01. The number of hydrogen-bond donors (Lipinski definition) is 1. The number of aromatic nitrogens is 1. The molecule has 1 aromatic heterocycles. The van der Waals surface area contributed by atoms with Gasteiger partial charge in [-0.25, -0.2) is 9.79 Å². The molecule has 2 heterocycles. The number of carbonyl (C=O) groups is 1. The highest BCUT2D eigenvalue weighted by atomic mass is 127. The third-order valence-corrected chi connectivity index (χ3v) is 8.00. The lowest BCUT2D eigenvalue weighted by atomic mass is 9.95. The molecular weight excluding hydrogens is 694 g/mol. The Morgan fingerprint density at radius 1 is 1.20 bits per heavy atom. The lowest BCUT2D eigenvalue weighted by molar-refractivity contribution is -0.139. The smallest absolute Gasteiger partial charge is 0.338 e. The molecule has 10 heteroatoms. The Morgan fingerprint density at radius 3 is 2.54 bits per heavy atom. The highest BCUT2D eigenvalue weighted by Gasteiger charge is 2.35. The number of rotatable bonds is 6. The van der Waals surface area contributed by atoms with Gasteiger partial charge in [0.15, 0.2) is 4.80 Å². The second kappa shape index (κ2) is 10.8. The summed E-state index contributed by atoms with van der Waals surface area (Å²) in [5, 5.41) is 10.1. The molecule has 35 heavy (non-hydrogen) atoms. The number of phenols is 1. The summed E-state index contributed by atoms with van der Waals surface area (Å²) in [7, 11) is 0. The van der Waals surface area contributed by atoms with Crippen molar-refractivity contribution in [2.45, 2.75) is 26.8 Å². The van der Waals surface area contributed by atoms with Gasteiger partial charge in [0, 0.05) is 5.56 Å². The summed E-state index contributed by atoms with van der Waals surface area (Å²) in [6.07, 6.45) is 1.78. The van der Waals surface area contributed by atoms with Gasteiger partial charge in [0.05, 0.1) is 36.2 Å². The van der Waals surface area contributed by atoms with Crippen molar-refractivity contribution in [2.75, 3.05) is 13.2 Å². The molecule has 1 atom stereocenters. The molecule has 1 N–H and O–H groups in total. The van der Waals surface area contributed by atoms with E-state index in [0.717, 1.165) is 5.56 Å². The predicted molar refractivity (Wildman–Crippen MR) is 152 cm³/mol. The summed E-state index contributed by atoms with van der Waals surface area (Å²) < 4.78 is 14.6. The molecular formula is C25H22I2N2O5S. The fraction of sp³-hybridized carbons (Fsp3) is 0.240. The van der Waals surface area contributed by atoms with E-state index in [1.54, 1.807) is 24.5 Å². The molecule has 7 nitrogen and oxygen atoms in total. The second-order valence-corrected chi connectivity index (χ2v) is 10.9. The van der Waals surface area contributed by atoms with Crippen LogP contribution in [0.5, 0.6) is 11.5 Å². The summed E-state index contributed by atoms with van der Waals surface area (Å²) >= 11 is 5.38. The molecule has 0 fully saturated rings. The second-order valence-electron chi connectivity index (χ2n) is 7.61. The molecule has 0 radical (unpaired) electrons. The zero-order chi connectivity index (χ0) is 25.3. The monoisotopic (exact) mass is 716 g/mol. The number of para-hydroxylation sites is 1. The normalized spacial score (nSPS) is 15.6. The molecule has 0 saturated carbocycles. The van der Waals surface area contributed by atoms with E-state index in [1.165, 1.54) is 11.3 Å². The van der Waals surface area contributed by atoms with Crippen LogP contribution in [-0.2, 0) is 9.53 Å². The number of phenolic OH excluding ortho intramolecular Hbond substituents is 1. The topological polar surface area (TPSA) is 90.1 Å². The fourth-order valence-corrected chi connectivity index (χ4v) is 6.76. The molecule has 182 valence electrons. The molecule has 1 aliphatic rings. The SMILES string of the molecule is CCOC(=O)C1=C(C)N=c2s/c(=C\c3cc(I)c(O)c(I)c3)c(=O)n2[C@H]1c1ccccc1OCC. The van der Waals surface area contributed by atoms with Crippen LogP contribution in [0.25, 0.3) is 6.08 Å². The van der Waals surface area contributed by atoms with Crippen molar-refractivity contribution in [3.63, 3.8) is 0 Å². The van der Waals surface area contributed by atoms with Crippen molar-refractivity contribution < 1.29 is 19.4 Å². The minimum atomic E-state index is -0.740. The summed E-state index contributed by atoms with van der Waals surface area (Å²) in [6, 6.07) is 10.3. The van der Waals surface area contributed by atoms with Gasteiger partial charge in [-0.3, -0.25) is 9.36 Å². The van der Waals surface area contributed by atoms with Gasteiger partial charge in [-0.15, -0.1) is 0 Å². The Balaban J connectivity index is 1.99. The van der Waals surface area contributed by atoms with Crippen LogP contribution >= 0.6 is 56.5 Å². The van der Waals surface area contributed by atoms with Crippen molar-refractivity contribution in [2.24, 2.45) is 4.99 Å². The average Bonchev–Trinajstić information content (AvgIpc) is 3.11. The summed E-state index contributed by atoms with van der Waals surface area (Å²) in [5.74, 6) is 0.294. The molecule has 3 aromatic rings. The van der Waals surface area contributed by atoms with E-state index >= 15 is 0 Å². The molecule has 0 spiro atoms. The Morgan fingerprint density at radius 2 is 1.89 bits per heavy atom. The minimum absolute atomic E-state index is 0.206. The van der Waals surface area contributed by atoms with E-state index in [1.807, 2.05) is 43.3 Å². The van der Waals surface area contributed by atoms with Crippen LogP contribution in [-0.4, -0.2) is 28.9 Å². The van der Waals surface area contributed by atoms with Crippen LogP contribution in [0, 0.1) is 7.14 Å². The van der Waals surface area contributed by atoms with Gasteiger partial charge in [0.25, 0.3) is 5.56 Å². The van der Waals surface area contributed by atoms with Crippen molar-refractivity contribution in [1.29, 1.82) is 0 Å². The molecule has 0 aliphatic carbocycles. The van der Waals surface area contributed by atoms with Crippen LogP contribution < -0.4 is 19.6 Å². The standard InChI is InChI=1S/C25H22I2N2O5S/c1-4-33-18-9-7-6-8-15(18)21-20(24(32)34-5-2)13(3)28-25-29(21)23(31)19(35-25)12-14-10-16(26)22(30)17(27)11-14/h6-12,21,30H,4-5H2,1-3H3/b19-12-/t21-/m0/s1. The van der Waals surface area contributed by atoms with Gasteiger partial charge in [-0.1, -0.05) is 29.5 Å². The summed E-state index contributed by atoms with van der Waals surface area (Å²) in [6.45, 7) is 6.03. The third kappa shape index (κ3) is 5.05. The maximum absolute atomic E-state index is 13.8. The van der Waals surface area contributed by atoms with E-state index < -0.39 is 12.0 Å². The number of halogens is 2. The number of ether oxygens (including phenoxy) is 2. The van der Waals surface area contributed by atoms with E-state index in [2.05, 4.69) is 50.2 Å². The number of esters is 1. The first kappa shape index (κ1) is 25.9. The van der Waals surface area contributed by atoms with Crippen LogP contribution in [0.4, 0.5) is 0 Å². The Bertz CT molecular complexity index is 1500. The lowest BCUT2D eigenvalue weighted by Gasteiger charge is -2.26. The van der Waals surface area contributed by atoms with Crippen LogP contribution in [0.2, 0.25) is 0 Å². The lowest BCUT2D eigenvalue weighted by Crippen LogP contribution is -2.40. The van der Waals surface area contributed by atoms with Gasteiger partial charge in [0.2, 0.25) is 0 Å². The number of hydrogen-bond acceptors (Lipinski definition) is 7. The molecule has 0 amide bonds. The maximum atomic E-state index is 13.8. The zero-order valence-electron chi connectivity index (χ0n) is 19.2.